The van der Waals surface area contributed by atoms with Gasteiger partial charge in [0.25, 0.3) is 0 Å². The molecule has 1 saturated heterocycles. The Morgan fingerprint density at radius 3 is 2.50 bits per heavy atom. The van der Waals surface area contributed by atoms with Gasteiger partial charge in [0, 0.05) is 18.6 Å². The summed E-state index contributed by atoms with van der Waals surface area (Å²) >= 11 is 0. The van der Waals surface area contributed by atoms with Crippen LogP contribution in [-0.4, -0.2) is 36.6 Å². The molecule has 0 aliphatic carbocycles. The zero-order valence-corrected chi connectivity index (χ0v) is 11.6. The van der Waals surface area contributed by atoms with E-state index in [-0.39, 0.29) is 0 Å². The molecular weight excluding hydrogens is 196 g/mol. The summed E-state index contributed by atoms with van der Waals surface area (Å²) in [5.74, 6) is 0.784. The molecule has 1 aliphatic rings. The summed E-state index contributed by atoms with van der Waals surface area (Å²) in [4.78, 5) is 2.62. The predicted octanol–water partition coefficient (Wildman–Crippen LogP) is 2.89. The molecular formula is C14H30N2. The lowest BCUT2D eigenvalue weighted by Gasteiger charge is -2.28. The number of hydrogen-bond acceptors (Lipinski definition) is 2. The van der Waals surface area contributed by atoms with Crippen molar-refractivity contribution in [1.82, 2.24) is 10.2 Å². The van der Waals surface area contributed by atoms with Crippen LogP contribution in [0.4, 0.5) is 0 Å². The second-order valence-electron chi connectivity index (χ2n) is 5.92. The SMILES string of the molecule is CC(C)CN(CCCC1CCCN1)C(C)C. The van der Waals surface area contributed by atoms with Crippen molar-refractivity contribution in [2.24, 2.45) is 5.92 Å². The molecule has 2 nitrogen and oxygen atoms in total. The van der Waals surface area contributed by atoms with Gasteiger partial charge >= 0.3 is 0 Å². The highest BCUT2D eigenvalue weighted by molar-refractivity contribution is 4.75. The van der Waals surface area contributed by atoms with E-state index in [4.69, 9.17) is 0 Å². The first kappa shape index (κ1) is 14.0. The molecule has 1 fully saturated rings. The lowest BCUT2D eigenvalue weighted by atomic mass is 10.1. The molecule has 0 amide bonds. The molecule has 1 heterocycles. The molecule has 1 atom stereocenters. The Hall–Kier alpha value is -0.0800. The standard InChI is InChI=1S/C14H30N2/c1-12(2)11-16(13(3)4)10-6-8-14-7-5-9-15-14/h12-15H,5-11H2,1-4H3. The molecule has 0 aromatic carbocycles. The fourth-order valence-corrected chi connectivity index (χ4v) is 2.57. The molecule has 0 bridgehead atoms. The van der Waals surface area contributed by atoms with Crippen LogP contribution in [0, 0.1) is 5.92 Å². The summed E-state index contributed by atoms with van der Waals surface area (Å²) in [5.41, 5.74) is 0. The van der Waals surface area contributed by atoms with Crippen LogP contribution in [0.3, 0.4) is 0 Å². The third kappa shape index (κ3) is 5.31. The van der Waals surface area contributed by atoms with E-state index in [0.717, 1.165) is 12.0 Å². The lowest BCUT2D eigenvalue weighted by molar-refractivity contribution is 0.192. The van der Waals surface area contributed by atoms with Crippen molar-refractivity contribution in [2.45, 2.75) is 65.5 Å². The van der Waals surface area contributed by atoms with Crippen LogP contribution in [0.25, 0.3) is 0 Å². The normalized spacial score (nSPS) is 21.6. The molecule has 0 saturated carbocycles. The highest BCUT2D eigenvalue weighted by atomic mass is 15.1. The van der Waals surface area contributed by atoms with E-state index in [9.17, 15) is 0 Å². The van der Waals surface area contributed by atoms with Gasteiger partial charge in [-0.1, -0.05) is 13.8 Å². The smallest absolute Gasteiger partial charge is 0.00680 e. The van der Waals surface area contributed by atoms with Crippen LogP contribution >= 0.6 is 0 Å². The summed E-state index contributed by atoms with van der Waals surface area (Å²) < 4.78 is 0. The van der Waals surface area contributed by atoms with Crippen molar-refractivity contribution in [3.05, 3.63) is 0 Å². The van der Waals surface area contributed by atoms with Crippen molar-refractivity contribution in [3.63, 3.8) is 0 Å². The van der Waals surface area contributed by atoms with Crippen LogP contribution in [0.1, 0.15) is 53.4 Å². The second-order valence-corrected chi connectivity index (χ2v) is 5.92. The van der Waals surface area contributed by atoms with Gasteiger partial charge in [-0.3, -0.25) is 0 Å². The Kier molecular flexibility index (Phi) is 6.37. The molecule has 0 spiro atoms. The third-order valence-electron chi connectivity index (χ3n) is 3.49. The minimum atomic E-state index is 0.693. The monoisotopic (exact) mass is 226 g/mol. The van der Waals surface area contributed by atoms with Gasteiger partial charge in [0.05, 0.1) is 0 Å². The molecule has 1 rings (SSSR count). The number of hydrogen-bond donors (Lipinski definition) is 1. The summed E-state index contributed by atoms with van der Waals surface area (Å²) in [6, 6.07) is 1.51. The Morgan fingerprint density at radius 1 is 1.25 bits per heavy atom. The molecule has 0 radical (unpaired) electrons. The minimum absolute atomic E-state index is 0.693. The first-order valence-electron chi connectivity index (χ1n) is 7.07. The first-order valence-corrected chi connectivity index (χ1v) is 7.07. The summed E-state index contributed by atoms with van der Waals surface area (Å²) in [7, 11) is 0. The Labute approximate surface area is 102 Å². The van der Waals surface area contributed by atoms with Gasteiger partial charge in [-0.05, 0) is 58.5 Å². The average Bonchev–Trinajstić information content (AvgIpc) is 2.68. The minimum Gasteiger partial charge on any atom is -0.314 e. The highest BCUT2D eigenvalue weighted by Crippen LogP contribution is 2.12. The van der Waals surface area contributed by atoms with Gasteiger partial charge in [0.15, 0.2) is 0 Å². The van der Waals surface area contributed by atoms with E-state index < -0.39 is 0 Å². The number of nitrogens with zero attached hydrogens (tertiary/aromatic N) is 1. The maximum atomic E-state index is 3.58. The van der Waals surface area contributed by atoms with Crippen LogP contribution in [0.15, 0.2) is 0 Å². The topological polar surface area (TPSA) is 15.3 Å². The van der Waals surface area contributed by atoms with E-state index in [1.165, 1.54) is 45.3 Å². The Balaban J connectivity index is 2.15. The van der Waals surface area contributed by atoms with Gasteiger partial charge in [0.1, 0.15) is 0 Å². The van der Waals surface area contributed by atoms with E-state index in [0.29, 0.717) is 6.04 Å². The van der Waals surface area contributed by atoms with E-state index in [2.05, 4.69) is 37.9 Å². The first-order chi connectivity index (χ1) is 7.59. The van der Waals surface area contributed by atoms with Crippen LogP contribution in [0.5, 0.6) is 0 Å². The van der Waals surface area contributed by atoms with Crippen LogP contribution in [0.2, 0.25) is 0 Å². The van der Waals surface area contributed by atoms with Crippen molar-refractivity contribution < 1.29 is 0 Å². The fraction of sp³-hybridized carbons (Fsp3) is 1.00. The molecule has 0 aromatic rings. The zero-order valence-electron chi connectivity index (χ0n) is 11.6. The van der Waals surface area contributed by atoms with Crippen LogP contribution in [-0.2, 0) is 0 Å². The maximum absolute atomic E-state index is 3.58. The summed E-state index contributed by atoms with van der Waals surface area (Å²) in [6.45, 7) is 13.0. The quantitative estimate of drug-likeness (QED) is 0.718. The molecule has 1 aliphatic heterocycles. The van der Waals surface area contributed by atoms with E-state index >= 15 is 0 Å². The fourth-order valence-electron chi connectivity index (χ4n) is 2.57. The molecule has 0 aromatic heterocycles. The maximum Gasteiger partial charge on any atom is 0.00680 e. The van der Waals surface area contributed by atoms with E-state index in [1.807, 2.05) is 0 Å². The van der Waals surface area contributed by atoms with Crippen LogP contribution < -0.4 is 5.32 Å². The van der Waals surface area contributed by atoms with Crippen molar-refractivity contribution in [2.75, 3.05) is 19.6 Å². The highest BCUT2D eigenvalue weighted by Gasteiger charge is 2.15. The van der Waals surface area contributed by atoms with Crippen molar-refractivity contribution in [1.29, 1.82) is 0 Å². The largest absolute Gasteiger partial charge is 0.314 e. The van der Waals surface area contributed by atoms with Gasteiger partial charge in [-0.25, -0.2) is 0 Å². The molecule has 16 heavy (non-hydrogen) atoms. The second kappa shape index (κ2) is 7.29. The predicted molar refractivity (Wildman–Crippen MR) is 71.8 cm³/mol. The van der Waals surface area contributed by atoms with Gasteiger partial charge in [-0.2, -0.15) is 0 Å². The van der Waals surface area contributed by atoms with Gasteiger partial charge in [0.2, 0.25) is 0 Å². The molecule has 2 heteroatoms. The third-order valence-corrected chi connectivity index (χ3v) is 3.49. The number of nitrogens with one attached hydrogen (secondary N) is 1. The van der Waals surface area contributed by atoms with Gasteiger partial charge < -0.3 is 10.2 Å². The number of rotatable bonds is 7. The lowest BCUT2D eigenvalue weighted by Crippen LogP contribution is -2.35. The average molecular weight is 226 g/mol. The summed E-state index contributed by atoms with van der Waals surface area (Å²) in [6.07, 6.45) is 5.49. The van der Waals surface area contributed by atoms with Gasteiger partial charge in [-0.15, -0.1) is 0 Å². The molecule has 1 unspecified atom stereocenters. The summed E-state index contributed by atoms with van der Waals surface area (Å²) in [5, 5.41) is 3.58. The zero-order chi connectivity index (χ0) is 12.0. The van der Waals surface area contributed by atoms with Crippen molar-refractivity contribution in [3.8, 4) is 0 Å². The Bertz CT molecular complexity index is 172. The molecule has 1 N–H and O–H groups in total. The Morgan fingerprint density at radius 2 is 2.00 bits per heavy atom. The van der Waals surface area contributed by atoms with Crippen molar-refractivity contribution >= 4 is 0 Å². The molecule has 96 valence electrons. The van der Waals surface area contributed by atoms with E-state index in [1.54, 1.807) is 0 Å².